The molecule has 4 aromatic rings. The van der Waals surface area contributed by atoms with Crippen LogP contribution in [0.4, 0.5) is 5.69 Å². The zero-order valence-corrected chi connectivity index (χ0v) is 15.2. The average Bonchev–Trinajstić information content (AvgIpc) is 3.03. The fraction of sp³-hybridized carbons (Fsp3) is 0.0909. The topological polar surface area (TPSA) is 73.5 Å². The first-order chi connectivity index (χ1) is 13.7. The minimum absolute atomic E-state index is 0.300. The van der Waals surface area contributed by atoms with Gasteiger partial charge in [-0.05, 0) is 35.9 Å². The van der Waals surface area contributed by atoms with Crippen LogP contribution in [0.1, 0.15) is 15.9 Å². The number of hydrogen-bond acceptors (Lipinski definition) is 4. The Hall–Kier alpha value is -3.80. The number of rotatable bonds is 5. The minimum Gasteiger partial charge on any atom is -0.495 e. The number of nitrogens with zero attached hydrogens (tertiary/aromatic N) is 1. The second-order valence-corrected chi connectivity index (χ2v) is 6.28. The molecule has 0 saturated heterocycles. The van der Waals surface area contributed by atoms with Gasteiger partial charge in [0.2, 0.25) is 0 Å². The Bertz CT molecular complexity index is 1190. The number of fused-ring (bicyclic) bond motifs is 1. The van der Waals surface area contributed by atoms with Crippen molar-refractivity contribution in [1.82, 2.24) is 4.57 Å². The Balaban J connectivity index is 1.68. The molecule has 28 heavy (non-hydrogen) atoms. The largest absolute Gasteiger partial charge is 0.495 e. The number of anilines is 1. The summed E-state index contributed by atoms with van der Waals surface area (Å²) in [6.07, 6.45) is 0. The molecule has 0 aliphatic rings. The lowest BCUT2D eigenvalue weighted by Gasteiger charge is -2.10. The number of carbonyl (C=O) groups is 1. The van der Waals surface area contributed by atoms with Gasteiger partial charge in [-0.2, -0.15) is 0 Å². The lowest BCUT2D eigenvalue weighted by atomic mass is 10.1. The van der Waals surface area contributed by atoms with E-state index in [0.717, 1.165) is 5.56 Å². The molecule has 0 spiro atoms. The molecule has 6 heteroatoms. The van der Waals surface area contributed by atoms with Crippen molar-refractivity contribution in [2.24, 2.45) is 0 Å². The van der Waals surface area contributed by atoms with Gasteiger partial charge in [0.05, 0.1) is 24.9 Å². The minimum atomic E-state index is -0.457. The molecule has 4 rings (SSSR count). The van der Waals surface area contributed by atoms with Crippen molar-refractivity contribution in [2.75, 3.05) is 12.4 Å². The van der Waals surface area contributed by atoms with Gasteiger partial charge < -0.3 is 14.5 Å². The molecule has 1 heterocycles. The smallest absolute Gasteiger partial charge is 0.420 e. The van der Waals surface area contributed by atoms with Gasteiger partial charge in [-0.1, -0.05) is 42.5 Å². The highest BCUT2D eigenvalue weighted by molar-refractivity contribution is 6.06. The fourth-order valence-corrected chi connectivity index (χ4v) is 3.06. The molecule has 0 unspecified atom stereocenters. The van der Waals surface area contributed by atoms with Gasteiger partial charge in [-0.3, -0.25) is 9.36 Å². The van der Waals surface area contributed by atoms with Crippen LogP contribution in [0.3, 0.4) is 0 Å². The van der Waals surface area contributed by atoms with Crippen molar-refractivity contribution >= 4 is 22.7 Å². The molecule has 0 saturated carbocycles. The second kappa shape index (κ2) is 7.44. The molecule has 0 aliphatic heterocycles. The van der Waals surface area contributed by atoms with E-state index >= 15 is 0 Å². The summed E-state index contributed by atoms with van der Waals surface area (Å²) in [6.45, 7) is 0.365. The standard InChI is InChI=1S/C22H18N2O4/c1-27-19-10-6-5-9-17(19)23-21(25)16-11-12-20-18(13-16)24(22(26)28-20)14-15-7-3-2-4-8-15/h2-13H,14H2,1H3,(H,23,25). The highest BCUT2D eigenvalue weighted by atomic mass is 16.5. The first-order valence-corrected chi connectivity index (χ1v) is 8.77. The van der Waals surface area contributed by atoms with Crippen LogP contribution in [-0.2, 0) is 6.54 Å². The highest BCUT2D eigenvalue weighted by Gasteiger charge is 2.14. The zero-order valence-electron chi connectivity index (χ0n) is 15.2. The van der Waals surface area contributed by atoms with Crippen LogP contribution in [0.2, 0.25) is 0 Å². The molecule has 1 N–H and O–H groups in total. The summed E-state index contributed by atoms with van der Waals surface area (Å²) in [5.74, 6) is -0.186. The first-order valence-electron chi connectivity index (χ1n) is 8.77. The molecular formula is C22H18N2O4. The van der Waals surface area contributed by atoms with E-state index in [1.54, 1.807) is 37.4 Å². The van der Waals surface area contributed by atoms with E-state index in [1.165, 1.54) is 4.57 Å². The number of hydrogen-bond donors (Lipinski definition) is 1. The van der Waals surface area contributed by atoms with Gasteiger partial charge >= 0.3 is 5.76 Å². The van der Waals surface area contributed by atoms with Crippen molar-refractivity contribution in [2.45, 2.75) is 6.54 Å². The molecule has 1 amide bonds. The van der Waals surface area contributed by atoms with Crippen LogP contribution in [0, 0.1) is 0 Å². The van der Waals surface area contributed by atoms with E-state index in [2.05, 4.69) is 5.32 Å². The molecule has 1 aromatic heterocycles. The Morgan fingerprint density at radius 3 is 2.57 bits per heavy atom. The Kier molecular flexibility index (Phi) is 4.68. The highest BCUT2D eigenvalue weighted by Crippen LogP contribution is 2.24. The van der Waals surface area contributed by atoms with Crippen molar-refractivity contribution in [3.8, 4) is 5.75 Å². The molecule has 0 atom stereocenters. The predicted octanol–water partition coefficient (Wildman–Crippen LogP) is 3.90. The van der Waals surface area contributed by atoms with Crippen LogP contribution < -0.4 is 15.8 Å². The second-order valence-electron chi connectivity index (χ2n) is 6.28. The summed E-state index contributed by atoms with van der Waals surface area (Å²) in [5.41, 5.74) is 2.97. The maximum Gasteiger partial charge on any atom is 0.420 e. The lowest BCUT2D eigenvalue weighted by molar-refractivity contribution is 0.102. The Morgan fingerprint density at radius 1 is 1.04 bits per heavy atom. The number of oxazole rings is 1. The molecule has 0 radical (unpaired) electrons. The van der Waals surface area contributed by atoms with Gasteiger partial charge in [0.1, 0.15) is 5.75 Å². The number of ether oxygens (including phenoxy) is 1. The normalized spacial score (nSPS) is 10.8. The van der Waals surface area contributed by atoms with Crippen molar-refractivity contribution in [3.63, 3.8) is 0 Å². The average molecular weight is 374 g/mol. The molecule has 0 aliphatic carbocycles. The van der Waals surface area contributed by atoms with Gasteiger partial charge in [0.15, 0.2) is 5.58 Å². The Labute approximate surface area is 161 Å². The third-order valence-corrected chi connectivity index (χ3v) is 4.47. The van der Waals surface area contributed by atoms with Crippen LogP contribution in [0.15, 0.2) is 82.0 Å². The molecule has 6 nitrogen and oxygen atoms in total. The lowest BCUT2D eigenvalue weighted by Crippen LogP contribution is -2.16. The summed E-state index contributed by atoms with van der Waals surface area (Å²) in [6, 6.07) is 21.7. The first kappa shape index (κ1) is 17.6. The number of para-hydroxylation sites is 2. The SMILES string of the molecule is COc1ccccc1NC(=O)c1ccc2oc(=O)n(Cc3ccccc3)c2c1. The van der Waals surface area contributed by atoms with E-state index in [1.807, 2.05) is 42.5 Å². The van der Waals surface area contributed by atoms with Crippen LogP contribution in [0.25, 0.3) is 11.1 Å². The summed E-state index contributed by atoms with van der Waals surface area (Å²) < 4.78 is 12.1. The zero-order chi connectivity index (χ0) is 19.5. The van der Waals surface area contributed by atoms with Gasteiger partial charge in [-0.25, -0.2) is 4.79 Å². The summed E-state index contributed by atoms with van der Waals surface area (Å²) in [7, 11) is 1.55. The van der Waals surface area contributed by atoms with Crippen molar-refractivity contribution < 1.29 is 13.9 Å². The number of carbonyl (C=O) groups excluding carboxylic acids is 1. The maximum absolute atomic E-state index is 12.7. The van der Waals surface area contributed by atoms with Crippen LogP contribution >= 0.6 is 0 Å². The third-order valence-electron chi connectivity index (χ3n) is 4.47. The van der Waals surface area contributed by atoms with Crippen molar-refractivity contribution in [3.05, 3.63) is 94.5 Å². The van der Waals surface area contributed by atoms with Gasteiger partial charge in [-0.15, -0.1) is 0 Å². The Morgan fingerprint density at radius 2 is 1.79 bits per heavy atom. The fourth-order valence-electron chi connectivity index (χ4n) is 3.06. The molecule has 140 valence electrons. The predicted molar refractivity (Wildman–Crippen MR) is 107 cm³/mol. The quantitative estimate of drug-likeness (QED) is 0.575. The van der Waals surface area contributed by atoms with Gasteiger partial charge in [0.25, 0.3) is 5.91 Å². The van der Waals surface area contributed by atoms with E-state index in [9.17, 15) is 9.59 Å². The van der Waals surface area contributed by atoms with Gasteiger partial charge in [0, 0.05) is 5.56 Å². The summed E-state index contributed by atoms with van der Waals surface area (Å²) >= 11 is 0. The molecule has 3 aromatic carbocycles. The van der Waals surface area contributed by atoms with E-state index in [-0.39, 0.29) is 5.91 Å². The number of nitrogens with one attached hydrogen (secondary N) is 1. The van der Waals surface area contributed by atoms with Crippen LogP contribution in [-0.4, -0.2) is 17.6 Å². The molecule has 0 bridgehead atoms. The number of methoxy groups -OCH3 is 1. The number of amides is 1. The van der Waals surface area contributed by atoms with E-state index in [0.29, 0.717) is 34.6 Å². The number of aromatic nitrogens is 1. The van der Waals surface area contributed by atoms with E-state index in [4.69, 9.17) is 9.15 Å². The molecular weight excluding hydrogens is 356 g/mol. The van der Waals surface area contributed by atoms with Crippen LogP contribution in [0.5, 0.6) is 5.75 Å². The maximum atomic E-state index is 12.7. The summed E-state index contributed by atoms with van der Waals surface area (Å²) in [5, 5.41) is 2.84. The molecule has 0 fully saturated rings. The van der Waals surface area contributed by atoms with E-state index < -0.39 is 5.76 Å². The monoisotopic (exact) mass is 374 g/mol. The summed E-state index contributed by atoms with van der Waals surface area (Å²) in [4.78, 5) is 25.0. The number of benzene rings is 3. The van der Waals surface area contributed by atoms with Crippen molar-refractivity contribution in [1.29, 1.82) is 0 Å². The third kappa shape index (κ3) is 3.40.